The minimum absolute atomic E-state index is 0.948. The number of rotatable bonds is 2. The molecular weight excluding hydrogens is 187 g/mol. The van der Waals surface area contributed by atoms with E-state index >= 15 is 0 Å². The van der Waals surface area contributed by atoms with Crippen LogP contribution in [0.25, 0.3) is 0 Å². The first-order valence-electron chi connectivity index (χ1n) is 3.20. The summed E-state index contributed by atoms with van der Waals surface area (Å²) in [5, 5.41) is 0. The molecule has 0 saturated heterocycles. The molecule has 0 spiro atoms. The van der Waals surface area contributed by atoms with Crippen LogP contribution in [0.4, 0.5) is 0 Å². The van der Waals surface area contributed by atoms with Gasteiger partial charge in [0.1, 0.15) is 0 Å². The molecule has 1 aromatic carbocycles. The monoisotopic (exact) mass is 197 g/mol. The molecule has 0 heterocycles. The second-order valence-corrected chi connectivity index (χ2v) is 3.02. The predicted octanol–water partition coefficient (Wildman–Crippen LogP) is 1.21. The van der Waals surface area contributed by atoms with Gasteiger partial charge in [-0.25, -0.2) is 0 Å². The van der Waals surface area contributed by atoms with Crippen molar-refractivity contribution in [1.82, 2.24) is 0 Å². The summed E-state index contributed by atoms with van der Waals surface area (Å²) in [6.45, 7) is 3.68. The quantitative estimate of drug-likeness (QED) is 0.492. The van der Waals surface area contributed by atoms with E-state index in [0.717, 1.165) is 6.42 Å². The van der Waals surface area contributed by atoms with Gasteiger partial charge < -0.3 is 0 Å². The van der Waals surface area contributed by atoms with Crippen LogP contribution in [0.3, 0.4) is 0 Å². The molecule has 0 aliphatic rings. The molecular formula is C9H9Se. The van der Waals surface area contributed by atoms with E-state index in [2.05, 4.69) is 34.7 Å². The average molecular weight is 196 g/mol. The van der Waals surface area contributed by atoms with E-state index in [1.807, 2.05) is 18.2 Å². The van der Waals surface area contributed by atoms with Crippen molar-refractivity contribution in [2.45, 2.75) is 6.42 Å². The summed E-state index contributed by atoms with van der Waals surface area (Å²) in [4.78, 5) is 0. The molecule has 0 atom stereocenters. The maximum absolute atomic E-state index is 3.68. The van der Waals surface area contributed by atoms with Crippen LogP contribution in [0.5, 0.6) is 0 Å². The molecule has 1 heteroatoms. The van der Waals surface area contributed by atoms with Gasteiger partial charge in [-0.1, -0.05) is 0 Å². The second kappa shape index (κ2) is 3.60. The van der Waals surface area contributed by atoms with Crippen molar-refractivity contribution in [3.05, 3.63) is 42.5 Å². The first-order chi connectivity index (χ1) is 4.84. The molecule has 0 N–H and O–H groups in total. The Kier molecular flexibility index (Phi) is 2.73. The average Bonchev–Trinajstić information content (AvgIpc) is 1.94. The molecule has 0 aliphatic heterocycles. The third-order valence-corrected chi connectivity index (χ3v) is 2.17. The zero-order valence-electron chi connectivity index (χ0n) is 5.71. The molecule has 0 bridgehead atoms. The Labute approximate surface area is 69.8 Å². The molecule has 1 rings (SSSR count). The van der Waals surface area contributed by atoms with Gasteiger partial charge in [-0.15, -0.1) is 0 Å². The Balaban J connectivity index is 2.91. The fraction of sp³-hybridized carbons (Fsp3) is 0.111. The number of benzene rings is 1. The number of allylic oxidation sites excluding steroid dienone is 1. The number of hydrogen-bond acceptors (Lipinski definition) is 0. The van der Waals surface area contributed by atoms with Gasteiger partial charge in [0, 0.05) is 0 Å². The third-order valence-electron chi connectivity index (χ3n) is 1.34. The fourth-order valence-corrected chi connectivity index (χ4v) is 1.31. The maximum atomic E-state index is 3.68. The summed E-state index contributed by atoms with van der Waals surface area (Å²) in [6.07, 6.45) is 2.86. The Bertz CT molecular complexity index is 228. The van der Waals surface area contributed by atoms with Gasteiger partial charge in [0.05, 0.1) is 0 Å². The van der Waals surface area contributed by atoms with Crippen LogP contribution < -0.4 is 4.46 Å². The van der Waals surface area contributed by atoms with Gasteiger partial charge in [-0.2, -0.15) is 0 Å². The van der Waals surface area contributed by atoms with Gasteiger partial charge in [0.25, 0.3) is 0 Å². The van der Waals surface area contributed by atoms with Gasteiger partial charge in [0.2, 0.25) is 0 Å². The van der Waals surface area contributed by atoms with Gasteiger partial charge in [-0.3, -0.25) is 0 Å². The van der Waals surface area contributed by atoms with E-state index in [0.29, 0.717) is 0 Å². The van der Waals surface area contributed by atoms with Crippen molar-refractivity contribution >= 4 is 20.5 Å². The molecule has 1 radical (unpaired) electrons. The van der Waals surface area contributed by atoms with Crippen LogP contribution in [0.15, 0.2) is 36.9 Å². The van der Waals surface area contributed by atoms with Crippen LogP contribution in [0.2, 0.25) is 0 Å². The SMILES string of the molecule is C=CCc1ccccc1[Se]. The van der Waals surface area contributed by atoms with Crippen molar-refractivity contribution < 1.29 is 0 Å². The third kappa shape index (κ3) is 1.73. The van der Waals surface area contributed by atoms with E-state index < -0.39 is 0 Å². The molecule has 0 fully saturated rings. The van der Waals surface area contributed by atoms with Crippen LogP contribution in [-0.2, 0) is 6.42 Å². The topological polar surface area (TPSA) is 0 Å². The minimum atomic E-state index is 0.948. The summed E-state index contributed by atoms with van der Waals surface area (Å²) < 4.78 is 1.22. The summed E-state index contributed by atoms with van der Waals surface area (Å²) in [5.74, 6) is 0. The Hall–Kier alpha value is -0.521. The van der Waals surface area contributed by atoms with E-state index in [4.69, 9.17) is 0 Å². The first kappa shape index (κ1) is 7.58. The van der Waals surface area contributed by atoms with Crippen LogP contribution in [0, 0.1) is 0 Å². The summed E-state index contributed by atoms with van der Waals surface area (Å²) >= 11 is 3.01. The molecule has 0 amide bonds. The van der Waals surface area contributed by atoms with Crippen molar-refractivity contribution in [2.24, 2.45) is 0 Å². The standard InChI is InChI=1S/C9H9Se/c1-2-5-8-6-3-4-7-9(8)10/h2-4,6-7H,1,5H2. The van der Waals surface area contributed by atoms with Gasteiger partial charge in [-0.05, 0) is 0 Å². The first-order valence-corrected chi connectivity index (χ1v) is 4.06. The summed E-state index contributed by atoms with van der Waals surface area (Å²) in [7, 11) is 0. The predicted molar refractivity (Wildman–Crippen MR) is 45.7 cm³/mol. The second-order valence-electron chi connectivity index (χ2n) is 2.10. The molecule has 51 valence electrons. The Morgan fingerprint density at radius 3 is 2.70 bits per heavy atom. The van der Waals surface area contributed by atoms with Crippen LogP contribution in [-0.4, -0.2) is 16.0 Å². The number of hydrogen-bond donors (Lipinski definition) is 0. The van der Waals surface area contributed by atoms with Crippen molar-refractivity contribution in [3.8, 4) is 0 Å². The van der Waals surface area contributed by atoms with Crippen LogP contribution in [0.1, 0.15) is 5.56 Å². The van der Waals surface area contributed by atoms with Crippen LogP contribution >= 0.6 is 0 Å². The van der Waals surface area contributed by atoms with Crippen molar-refractivity contribution in [2.75, 3.05) is 0 Å². The van der Waals surface area contributed by atoms with E-state index in [9.17, 15) is 0 Å². The van der Waals surface area contributed by atoms with E-state index in [1.54, 1.807) is 0 Å². The molecule has 1 aromatic rings. The van der Waals surface area contributed by atoms with Gasteiger partial charge >= 0.3 is 69.4 Å². The van der Waals surface area contributed by atoms with Crippen molar-refractivity contribution in [3.63, 3.8) is 0 Å². The Morgan fingerprint density at radius 1 is 1.40 bits per heavy atom. The fourth-order valence-electron chi connectivity index (χ4n) is 0.828. The molecule has 0 aromatic heterocycles. The summed E-state index contributed by atoms with van der Waals surface area (Å²) in [6, 6.07) is 8.24. The van der Waals surface area contributed by atoms with Gasteiger partial charge in [0.15, 0.2) is 0 Å². The summed E-state index contributed by atoms with van der Waals surface area (Å²) in [5.41, 5.74) is 1.32. The normalized spacial score (nSPS) is 9.20. The molecule has 0 saturated carbocycles. The molecule has 0 nitrogen and oxygen atoms in total. The van der Waals surface area contributed by atoms with E-state index in [1.165, 1.54) is 10.0 Å². The van der Waals surface area contributed by atoms with Crippen molar-refractivity contribution in [1.29, 1.82) is 0 Å². The molecule has 0 unspecified atom stereocenters. The molecule has 10 heavy (non-hydrogen) atoms. The van der Waals surface area contributed by atoms with E-state index in [-0.39, 0.29) is 0 Å². The zero-order valence-corrected chi connectivity index (χ0v) is 7.42. The molecule has 0 aliphatic carbocycles. The zero-order chi connectivity index (χ0) is 7.40. The Morgan fingerprint density at radius 2 is 2.10 bits per heavy atom.